The summed E-state index contributed by atoms with van der Waals surface area (Å²) in [5.74, 6) is -1.08. The molecule has 1 aromatic carbocycles. The van der Waals surface area contributed by atoms with Gasteiger partial charge in [0.25, 0.3) is 11.8 Å². The topological polar surface area (TPSA) is 126 Å². The van der Waals surface area contributed by atoms with E-state index in [4.69, 9.17) is 0 Å². The number of benzene rings is 1. The number of carbonyl (C=O) groups is 2. The van der Waals surface area contributed by atoms with E-state index in [1.807, 2.05) is 36.4 Å². The third-order valence-corrected chi connectivity index (χ3v) is 6.91. The van der Waals surface area contributed by atoms with Gasteiger partial charge in [0, 0.05) is 18.5 Å². The van der Waals surface area contributed by atoms with Crippen molar-refractivity contribution in [2.24, 2.45) is 0 Å². The van der Waals surface area contributed by atoms with Crippen molar-refractivity contribution in [2.45, 2.75) is 30.8 Å². The number of aliphatic hydroxyl groups excluding tert-OH is 3. The maximum atomic E-state index is 12.9. The Kier molecular flexibility index (Phi) is 6.44. The number of nitrogens with zero attached hydrogens (tertiary/aromatic N) is 1. The van der Waals surface area contributed by atoms with Gasteiger partial charge in [0.2, 0.25) is 0 Å². The average Bonchev–Trinajstić information content (AvgIpc) is 3.40. The molecule has 8 nitrogen and oxygen atoms in total. The summed E-state index contributed by atoms with van der Waals surface area (Å²) in [6.07, 6.45) is -3.40. The van der Waals surface area contributed by atoms with Gasteiger partial charge < -0.3 is 30.5 Å². The maximum absolute atomic E-state index is 12.9. The Morgan fingerprint density at radius 2 is 1.87 bits per heavy atom. The van der Waals surface area contributed by atoms with Crippen LogP contribution >= 0.6 is 27.3 Å². The molecule has 3 heterocycles. The highest BCUT2D eigenvalue weighted by Crippen LogP contribution is 2.29. The molecule has 1 aliphatic rings. The number of nitrogens with one attached hydrogen (secondary N) is 2. The van der Waals surface area contributed by atoms with Gasteiger partial charge in [-0.05, 0) is 40.0 Å². The number of thiophene rings is 1. The molecule has 0 aliphatic carbocycles. The highest BCUT2D eigenvalue weighted by atomic mass is 79.9. The number of fused-ring (bicyclic) bond motifs is 1. The maximum Gasteiger partial charge on any atom is 0.268 e. The number of hydrogen-bond acceptors (Lipinski definition) is 6. The molecule has 10 heteroatoms. The van der Waals surface area contributed by atoms with Gasteiger partial charge in [-0.15, -0.1) is 11.3 Å². The SMILES string of the molecule is O=C(N[C@@H](Cc1ccccc1)[C@@H](O)C(=O)N1C[C@@H](O)[C@@H](O)C1)c1cc2cc(Br)sc2[nH]1. The Balaban J connectivity index is 1.53. The minimum absolute atomic E-state index is 0.0646. The van der Waals surface area contributed by atoms with Crippen molar-refractivity contribution >= 4 is 49.3 Å². The summed E-state index contributed by atoms with van der Waals surface area (Å²) < 4.78 is 0.943. The van der Waals surface area contributed by atoms with Crippen LogP contribution in [0.4, 0.5) is 0 Å². The van der Waals surface area contributed by atoms with Gasteiger partial charge in [-0.25, -0.2) is 0 Å². The van der Waals surface area contributed by atoms with E-state index in [-0.39, 0.29) is 19.5 Å². The highest BCUT2D eigenvalue weighted by Gasteiger charge is 2.38. The number of hydrogen-bond donors (Lipinski definition) is 5. The second-order valence-electron chi connectivity index (χ2n) is 7.61. The summed E-state index contributed by atoms with van der Waals surface area (Å²) in [6, 6.07) is 12.0. The lowest BCUT2D eigenvalue weighted by Crippen LogP contribution is -2.52. The number of β-amino-alcohol motifs (C(OH)–C–C–N with tert-alkyl or cyclic N) is 2. The number of likely N-dealkylation sites (tertiary alicyclic amines) is 1. The first-order valence-electron chi connectivity index (χ1n) is 9.77. The van der Waals surface area contributed by atoms with Crippen LogP contribution in [0.5, 0.6) is 0 Å². The minimum atomic E-state index is -1.54. The van der Waals surface area contributed by atoms with Gasteiger partial charge in [-0.3, -0.25) is 9.59 Å². The van der Waals surface area contributed by atoms with Crippen LogP contribution in [-0.2, 0) is 11.2 Å². The summed E-state index contributed by atoms with van der Waals surface area (Å²) in [5, 5.41) is 33.9. The van der Waals surface area contributed by atoms with E-state index in [0.29, 0.717) is 5.69 Å². The van der Waals surface area contributed by atoms with Crippen molar-refractivity contribution < 1.29 is 24.9 Å². The first kappa shape index (κ1) is 22.0. The number of halogens is 1. The van der Waals surface area contributed by atoms with E-state index >= 15 is 0 Å². The molecule has 0 spiro atoms. The lowest BCUT2D eigenvalue weighted by molar-refractivity contribution is -0.141. The van der Waals surface area contributed by atoms with E-state index in [0.717, 1.165) is 19.6 Å². The third-order valence-electron chi connectivity index (χ3n) is 5.34. The number of aromatic amines is 1. The second-order valence-corrected chi connectivity index (χ2v) is 10.0. The lowest BCUT2D eigenvalue weighted by atomic mass is 10.00. The number of aromatic nitrogens is 1. The molecule has 2 amide bonds. The van der Waals surface area contributed by atoms with Crippen LogP contribution in [0.25, 0.3) is 10.2 Å². The number of aliphatic hydroxyl groups is 3. The first-order chi connectivity index (χ1) is 14.8. The van der Waals surface area contributed by atoms with Crippen LogP contribution in [0.2, 0.25) is 0 Å². The molecule has 0 bridgehead atoms. The first-order valence-corrected chi connectivity index (χ1v) is 11.4. The van der Waals surface area contributed by atoms with Gasteiger partial charge >= 0.3 is 0 Å². The van der Waals surface area contributed by atoms with Crippen molar-refractivity contribution in [2.75, 3.05) is 13.1 Å². The molecule has 1 aliphatic heterocycles. The summed E-state index contributed by atoms with van der Waals surface area (Å²) >= 11 is 4.87. The molecule has 0 unspecified atom stereocenters. The van der Waals surface area contributed by atoms with Gasteiger partial charge in [0.15, 0.2) is 6.10 Å². The molecule has 5 N–H and O–H groups in total. The normalized spacial score (nSPS) is 20.7. The molecule has 1 saturated heterocycles. The quantitative estimate of drug-likeness (QED) is 0.343. The smallest absolute Gasteiger partial charge is 0.268 e. The molecular formula is C21H22BrN3O5S. The predicted octanol–water partition coefficient (Wildman–Crippen LogP) is 1.26. The van der Waals surface area contributed by atoms with Crippen LogP contribution in [0.15, 0.2) is 46.3 Å². The fourth-order valence-corrected chi connectivity index (χ4v) is 5.19. The summed E-state index contributed by atoms with van der Waals surface area (Å²) in [4.78, 5) is 30.8. The number of rotatable bonds is 6. The zero-order chi connectivity index (χ0) is 22.1. The van der Waals surface area contributed by atoms with Crippen molar-refractivity contribution in [3.8, 4) is 0 Å². The van der Waals surface area contributed by atoms with E-state index in [2.05, 4.69) is 26.2 Å². The standard InChI is InChI=1S/C21H22BrN3O5S/c22-17-8-12-7-14(24-20(12)31-17)19(29)23-13(6-11-4-2-1-3-5-11)18(28)21(30)25-9-15(26)16(27)10-25/h1-5,7-8,13,15-16,18,24,26-28H,6,9-10H2,(H,23,29)/t13-,15-,16+,18+/m0/s1. The Hall–Kier alpha value is -2.24. The third kappa shape index (κ3) is 4.83. The Bertz CT molecular complexity index is 1040. The van der Waals surface area contributed by atoms with Crippen LogP contribution in [0.1, 0.15) is 16.1 Å². The molecule has 0 radical (unpaired) electrons. The molecule has 4 rings (SSSR count). The number of H-pyrrole nitrogens is 1. The van der Waals surface area contributed by atoms with E-state index in [1.54, 1.807) is 6.07 Å². The number of amides is 2. The summed E-state index contributed by atoms with van der Waals surface area (Å²) in [5.41, 5.74) is 1.18. The zero-order valence-electron chi connectivity index (χ0n) is 16.4. The summed E-state index contributed by atoms with van der Waals surface area (Å²) in [7, 11) is 0. The average molecular weight is 508 g/mol. The van der Waals surface area contributed by atoms with E-state index < -0.39 is 36.2 Å². The van der Waals surface area contributed by atoms with Crippen molar-refractivity contribution in [1.29, 1.82) is 0 Å². The predicted molar refractivity (Wildman–Crippen MR) is 120 cm³/mol. The molecule has 3 aromatic rings. The largest absolute Gasteiger partial charge is 0.388 e. The molecule has 1 fully saturated rings. The Labute approximate surface area is 190 Å². The van der Waals surface area contributed by atoms with Gasteiger partial charge in [0.1, 0.15) is 10.5 Å². The molecule has 4 atom stereocenters. The molecule has 2 aromatic heterocycles. The van der Waals surface area contributed by atoms with Crippen LogP contribution in [0, 0.1) is 0 Å². The Morgan fingerprint density at radius 3 is 2.52 bits per heavy atom. The van der Waals surface area contributed by atoms with E-state index in [9.17, 15) is 24.9 Å². The Morgan fingerprint density at radius 1 is 1.19 bits per heavy atom. The monoisotopic (exact) mass is 507 g/mol. The summed E-state index contributed by atoms with van der Waals surface area (Å²) in [6.45, 7) is -0.129. The molecule has 0 saturated carbocycles. The zero-order valence-corrected chi connectivity index (χ0v) is 18.8. The van der Waals surface area contributed by atoms with Crippen molar-refractivity contribution in [3.05, 3.63) is 57.5 Å². The van der Waals surface area contributed by atoms with Crippen molar-refractivity contribution in [1.82, 2.24) is 15.2 Å². The minimum Gasteiger partial charge on any atom is -0.388 e. The lowest BCUT2D eigenvalue weighted by Gasteiger charge is -2.27. The van der Waals surface area contributed by atoms with E-state index in [1.165, 1.54) is 16.2 Å². The van der Waals surface area contributed by atoms with Gasteiger partial charge in [-0.2, -0.15) is 0 Å². The second kappa shape index (κ2) is 9.09. The van der Waals surface area contributed by atoms with Crippen molar-refractivity contribution in [3.63, 3.8) is 0 Å². The van der Waals surface area contributed by atoms with Crippen LogP contribution in [-0.4, -0.2) is 74.5 Å². The number of carbonyl (C=O) groups excluding carboxylic acids is 2. The fraction of sp³-hybridized carbons (Fsp3) is 0.333. The molecular weight excluding hydrogens is 486 g/mol. The molecule has 164 valence electrons. The molecule has 31 heavy (non-hydrogen) atoms. The van der Waals surface area contributed by atoms with Crippen LogP contribution < -0.4 is 5.32 Å². The fourth-order valence-electron chi connectivity index (χ4n) is 3.68. The van der Waals surface area contributed by atoms with Crippen LogP contribution in [0.3, 0.4) is 0 Å². The van der Waals surface area contributed by atoms with Gasteiger partial charge in [-0.1, -0.05) is 30.3 Å². The highest BCUT2D eigenvalue weighted by molar-refractivity contribution is 9.11. The van der Waals surface area contributed by atoms with Gasteiger partial charge in [0.05, 0.1) is 22.0 Å².